The lowest BCUT2D eigenvalue weighted by Gasteiger charge is -2.23. The van der Waals surface area contributed by atoms with E-state index in [0.29, 0.717) is 12.6 Å². The molecule has 0 aliphatic carbocycles. The minimum Gasteiger partial charge on any atom is -0.338 e. The normalized spacial score (nSPS) is 17.7. The van der Waals surface area contributed by atoms with Crippen molar-refractivity contribution in [1.82, 2.24) is 14.5 Å². The smallest absolute Gasteiger partial charge is 0.238 e. The highest BCUT2D eigenvalue weighted by Crippen LogP contribution is 2.21. The summed E-state index contributed by atoms with van der Waals surface area (Å²) in [5, 5.41) is 5.37. The Morgan fingerprint density at radius 3 is 2.88 bits per heavy atom. The van der Waals surface area contributed by atoms with Crippen LogP contribution in [-0.2, 0) is 18.3 Å². The molecule has 1 aromatic heterocycles. The van der Waals surface area contributed by atoms with E-state index >= 15 is 0 Å². The van der Waals surface area contributed by atoms with Gasteiger partial charge in [0, 0.05) is 37.6 Å². The average molecular weight is 348 g/mol. The van der Waals surface area contributed by atoms with Gasteiger partial charge in [0.2, 0.25) is 5.91 Å². The number of imidazole rings is 1. The largest absolute Gasteiger partial charge is 0.338 e. The molecule has 4 rings (SSSR count). The van der Waals surface area contributed by atoms with Gasteiger partial charge >= 0.3 is 0 Å². The summed E-state index contributed by atoms with van der Waals surface area (Å²) in [6.07, 6.45) is 6.96. The molecular weight excluding hydrogens is 324 g/mol. The Kier molecular flexibility index (Phi) is 4.71. The monoisotopic (exact) mass is 348 g/mol. The first kappa shape index (κ1) is 16.8. The summed E-state index contributed by atoms with van der Waals surface area (Å²) >= 11 is 0. The van der Waals surface area contributed by atoms with E-state index in [-0.39, 0.29) is 5.91 Å². The number of anilines is 1. The summed E-state index contributed by atoms with van der Waals surface area (Å²) in [5.74, 6) is 1.13. The maximum Gasteiger partial charge on any atom is 0.238 e. The molecule has 0 bridgehead atoms. The van der Waals surface area contributed by atoms with Crippen molar-refractivity contribution < 1.29 is 4.79 Å². The van der Waals surface area contributed by atoms with Crippen LogP contribution in [0, 0.1) is 0 Å². The maximum absolute atomic E-state index is 12.5. The summed E-state index contributed by atoms with van der Waals surface area (Å²) in [4.78, 5) is 19.3. The number of carbonyl (C=O) groups excluding carboxylic acids is 1. The number of nitrogens with one attached hydrogen (secondary N) is 1. The Morgan fingerprint density at radius 2 is 2.08 bits per heavy atom. The van der Waals surface area contributed by atoms with Crippen LogP contribution in [0.3, 0.4) is 0 Å². The molecule has 1 saturated heterocycles. The Morgan fingerprint density at radius 1 is 1.23 bits per heavy atom. The van der Waals surface area contributed by atoms with Crippen molar-refractivity contribution in [2.45, 2.75) is 25.3 Å². The number of hydrogen-bond acceptors (Lipinski definition) is 3. The molecule has 134 valence electrons. The van der Waals surface area contributed by atoms with E-state index in [2.05, 4.69) is 31.9 Å². The first-order chi connectivity index (χ1) is 12.7. The lowest BCUT2D eigenvalue weighted by atomic mass is 10.1. The first-order valence-corrected chi connectivity index (χ1v) is 9.18. The van der Waals surface area contributed by atoms with Crippen LogP contribution in [0.15, 0.2) is 54.9 Å². The fourth-order valence-corrected chi connectivity index (χ4v) is 3.79. The lowest BCUT2D eigenvalue weighted by molar-refractivity contribution is -0.117. The predicted molar refractivity (Wildman–Crippen MR) is 104 cm³/mol. The Bertz CT molecular complexity index is 917. The third-order valence-electron chi connectivity index (χ3n) is 5.22. The maximum atomic E-state index is 12.5. The van der Waals surface area contributed by atoms with Gasteiger partial charge in [0.25, 0.3) is 0 Å². The highest BCUT2D eigenvalue weighted by molar-refractivity contribution is 5.95. The Hall–Kier alpha value is -2.66. The van der Waals surface area contributed by atoms with Gasteiger partial charge in [-0.3, -0.25) is 9.69 Å². The van der Waals surface area contributed by atoms with E-state index in [1.807, 2.05) is 49.8 Å². The molecule has 0 spiro atoms. The first-order valence-electron chi connectivity index (χ1n) is 9.18. The average Bonchev–Trinajstić information content (AvgIpc) is 3.24. The number of nitrogens with zero attached hydrogens (tertiary/aromatic N) is 3. The molecule has 1 N–H and O–H groups in total. The molecule has 1 amide bonds. The van der Waals surface area contributed by atoms with Crippen molar-refractivity contribution in [3.8, 4) is 0 Å². The molecule has 1 aliphatic heterocycles. The van der Waals surface area contributed by atoms with Crippen molar-refractivity contribution in [2.24, 2.45) is 7.05 Å². The van der Waals surface area contributed by atoms with E-state index in [1.165, 1.54) is 5.39 Å². The standard InChI is InChI=1S/C21H24N4O/c1-24-12-10-22-20(24)14-19-7-4-11-25(19)15-21(26)23-18-9-8-16-5-2-3-6-17(16)13-18/h2-3,5-6,8-10,12-13,19H,4,7,11,14-15H2,1H3,(H,23,26)/t19-/m1/s1. The van der Waals surface area contributed by atoms with Gasteiger partial charge in [-0.15, -0.1) is 0 Å². The number of aryl methyl sites for hydroxylation is 1. The van der Waals surface area contributed by atoms with Crippen molar-refractivity contribution in [3.63, 3.8) is 0 Å². The minimum atomic E-state index is 0.0482. The molecule has 2 aromatic carbocycles. The van der Waals surface area contributed by atoms with Crippen LogP contribution in [0.25, 0.3) is 10.8 Å². The van der Waals surface area contributed by atoms with E-state index in [4.69, 9.17) is 0 Å². The topological polar surface area (TPSA) is 50.2 Å². The van der Waals surface area contributed by atoms with E-state index < -0.39 is 0 Å². The molecule has 3 aromatic rings. The van der Waals surface area contributed by atoms with Gasteiger partial charge in [-0.05, 0) is 42.3 Å². The van der Waals surface area contributed by atoms with Crippen molar-refractivity contribution in [3.05, 3.63) is 60.7 Å². The number of benzene rings is 2. The van der Waals surface area contributed by atoms with Crippen LogP contribution in [0.4, 0.5) is 5.69 Å². The molecule has 1 fully saturated rings. The van der Waals surface area contributed by atoms with Gasteiger partial charge in [0.05, 0.1) is 6.54 Å². The van der Waals surface area contributed by atoms with Crippen LogP contribution in [0.1, 0.15) is 18.7 Å². The third-order valence-corrected chi connectivity index (χ3v) is 5.22. The van der Waals surface area contributed by atoms with Crippen molar-refractivity contribution in [1.29, 1.82) is 0 Å². The zero-order chi connectivity index (χ0) is 17.9. The zero-order valence-corrected chi connectivity index (χ0v) is 15.1. The second-order valence-electron chi connectivity index (χ2n) is 7.04. The molecule has 1 atom stereocenters. The molecule has 0 radical (unpaired) electrons. The summed E-state index contributed by atoms with van der Waals surface area (Å²) in [6, 6.07) is 14.6. The summed E-state index contributed by atoms with van der Waals surface area (Å²) < 4.78 is 2.06. The van der Waals surface area contributed by atoms with E-state index in [9.17, 15) is 4.79 Å². The van der Waals surface area contributed by atoms with Crippen LogP contribution in [0.5, 0.6) is 0 Å². The highest BCUT2D eigenvalue weighted by Gasteiger charge is 2.27. The fraction of sp³-hybridized carbons (Fsp3) is 0.333. The van der Waals surface area contributed by atoms with Gasteiger partial charge in [-0.25, -0.2) is 4.98 Å². The van der Waals surface area contributed by atoms with Gasteiger partial charge in [-0.2, -0.15) is 0 Å². The molecule has 2 heterocycles. The molecule has 26 heavy (non-hydrogen) atoms. The zero-order valence-electron chi connectivity index (χ0n) is 15.1. The number of rotatable bonds is 5. The number of amides is 1. The van der Waals surface area contributed by atoms with Crippen molar-refractivity contribution >= 4 is 22.4 Å². The van der Waals surface area contributed by atoms with Crippen molar-refractivity contribution in [2.75, 3.05) is 18.4 Å². The van der Waals surface area contributed by atoms with E-state index in [1.54, 1.807) is 0 Å². The van der Waals surface area contributed by atoms with Gasteiger partial charge < -0.3 is 9.88 Å². The Labute approximate surface area is 153 Å². The molecule has 1 aliphatic rings. The van der Waals surface area contributed by atoms with Crippen LogP contribution >= 0.6 is 0 Å². The number of carbonyl (C=O) groups is 1. The number of aromatic nitrogens is 2. The van der Waals surface area contributed by atoms with Gasteiger partial charge in [0.15, 0.2) is 0 Å². The summed E-state index contributed by atoms with van der Waals surface area (Å²) in [7, 11) is 2.02. The van der Waals surface area contributed by atoms with E-state index in [0.717, 1.165) is 42.7 Å². The number of fused-ring (bicyclic) bond motifs is 1. The lowest BCUT2D eigenvalue weighted by Crippen LogP contribution is -2.38. The molecule has 5 heteroatoms. The molecule has 0 unspecified atom stereocenters. The molecular formula is C21H24N4O. The van der Waals surface area contributed by atoms with Crippen LogP contribution in [0.2, 0.25) is 0 Å². The Balaban J connectivity index is 1.39. The van der Waals surface area contributed by atoms with Crippen LogP contribution < -0.4 is 5.32 Å². The number of likely N-dealkylation sites (tertiary alicyclic amines) is 1. The second kappa shape index (κ2) is 7.30. The van der Waals surface area contributed by atoms with Gasteiger partial charge in [-0.1, -0.05) is 30.3 Å². The highest BCUT2D eigenvalue weighted by atomic mass is 16.2. The second-order valence-corrected chi connectivity index (χ2v) is 7.04. The molecule has 5 nitrogen and oxygen atoms in total. The number of hydrogen-bond donors (Lipinski definition) is 1. The summed E-state index contributed by atoms with van der Waals surface area (Å²) in [6.45, 7) is 1.40. The fourth-order valence-electron chi connectivity index (χ4n) is 3.79. The van der Waals surface area contributed by atoms with Gasteiger partial charge in [0.1, 0.15) is 5.82 Å². The molecule has 0 saturated carbocycles. The quantitative estimate of drug-likeness (QED) is 0.770. The third kappa shape index (κ3) is 3.63. The van der Waals surface area contributed by atoms with Crippen LogP contribution in [-0.4, -0.2) is 39.5 Å². The SMILES string of the molecule is Cn1ccnc1C[C@H]1CCCN1CC(=O)Nc1ccc2ccccc2c1. The minimum absolute atomic E-state index is 0.0482. The summed E-state index contributed by atoms with van der Waals surface area (Å²) in [5.41, 5.74) is 0.855. The predicted octanol–water partition coefficient (Wildman–Crippen LogP) is 3.22.